The van der Waals surface area contributed by atoms with Gasteiger partial charge in [-0.05, 0) is 35.2 Å². The summed E-state index contributed by atoms with van der Waals surface area (Å²) in [6, 6.07) is 14.1. The highest BCUT2D eigenvalue weighted by molar-refractivity contribution is 5.91. The summed E-state index contributed by atoms with van der Waals surface area (Å²) in [5.74, 6) is 0.489. The van der Waals surface area contributed by atoms with Crippen molar-refractivity contribution in [1.29, 1.82) is 0 Å². The largest absolute Gasteiger partial charge is 0.396 e. The topological polar surface area (TPSA) is 72.0 Å². The molecule has 0 saturated carbocycles. The lowest BCUT2D eigenvalue weighted by Crippen LogP contribution is -1.94. The number of nitrogen functional groups attached to an aromatic ring is 1. The lowest BCUT2D eigenvalue weighted by atomic mass is 10.0. The molecular formula is C16H15N3O. The highest BCUT2D eigenvalue weighted by Crippen LogP contribution is 2.26. The zero-order chi connectivity index (χ0) is 13.9. The van der Waals surface area contributed by atoms with E-state index in [1.807, 2.05) is 36.4 Å². The number of hydrogen-bond donors (Lipinski definition) is 2. The predicted octanol–water partition coefficient (Wildman–Crippen LogP) is 2.41. The van der Waals surface area contributed by atoms with Crippen molar-refractivity contribution < 1.29 is 5.11 Å². The van der Waals surface area contributed by atoms with Crippen LogP contribution in [0.4, 0.5) is 5.82 Å². The molecular weight excluding hydrogens is 250 g/mol. The molecule has 3 N–H and O–H groups in total. The highest BCUT2D eigenvalue weighted by Gasteiger charge is 2.04. The van der Waals surface area contributed by atoms with Crippen LogP contribution in [0.5, 0.6) is 0 Å². The van der Waals surface area contributed by atoms with Gasteiger partial charge in [0.15, 0.2) is 0 Å². The fourth-order valence-electron chi connectivity index (χ4n) is 2.29. The van der Waals surface area contributed by atoms with Crippen molar-refractivity contribution in [3.05, 3.63) is 54.4 Å². The van der Waals surface area contributed by atoms with Crippen molar-refractivity contribution in [3.8, 4) is 11.1 Å². The predicted molar refractivity (Wildman–Crippen MR) is 80.2 cm³/mol. The molecule has 1 aromatic heterocycles. The summed E-state index contributed by atoms with van der Waals surface area (Å²) in [5, 5.41) is 9.88. The Bertz CT molecular complexity index is 756. The molecule has 2 aromatic carbocycles. The Labute approximate surface area is 116 Å². The average Bonchev–Trinajstić information content (AvgIpc) is 2.48. The van der Waals surface area contributed by atoms with Crippen molar-refractivity contribution in [2.75, 3.05) is 12.3 Å². The maximum Gasteiger partial charge on any atom is 0.134 e. The van der Waals surface area contributed by atoms with Gasteiger partial charge in [-0.25, -0.2) is 9.97 Å². The van der Waals surface area contributed by atoms with Crippen LogP contribution in [0.1, 0.15) is 5.56 Å². The second-order valence-corrected chi connectivity index (χ2v) is 4.66. The SMILES string of the molecule is Nc1ncnc2ccc(-c3cccc(CCO)c3)cc12. The minimum absolute atomic E-state index is 0.155. The normalized spacial score (nSPS) is 10.8. The molecule has 100 valence electrons. The summed E-state index contributed by atoms with van der Waals surface area (Å²) in [6.45, 7) is 0.155. The Balaban J connectivity index is 2.10. The van der Waals surface area contributed by atoms with E-state index in [4.69, 9.17) is 10.8 Å². The average molecular weight is 265 g/mol. The Morgan fingerprint density at radius 3 is 2.70 bits per heavy atom. The number of hydrogen-bond acceptors (Lipinski definition) is 4. The van der Waals surface area contributed by atoms with Gasteiger partial charge in [0.2, 0.25) is 0 Å². The van der Waals surface area contributed by atoms with E-state index >= 15 is 0 Å². The Morgan fingerprint density at radius 2 is 1.85 bits per heavy atom. The molecule has 0 spiro atoms. The van der Waals surface area contributed by atoms with Crippen LogP contribution in [0.15, 0.2) is 48.8 Å². The first kappa shape index (κ1) is 12.6. The zero-order valence-corrected chi connectivity index (χ0v) is 11.0. The van der Waals surface area contributed by atoms with E-state index < -0.39 is 0 Å². The third-order valence-corrected chi connectivity index (χ3v) is 3.33. The number of nitrogens with zero attached hydrogens (tertiary/aromatic N) is 2. The lowest BCUT2D eigenvalue weighted by Gasteiger charge is -2.07. The Morgan fingerprint density at radius 1 is 1.00 bits per heavy atom. The van der Waals surface area contributed by atoms with Crippen LogP contribution < -0.4 is 5.73 Å². The molecule has 0 amide bonds. The second-order valence-electron chi connectivity index (χ2n) is 4.66. The van der Waals surface area contributed by atoms with Crippen LogP contribution in [-0.2, 0) is 6.42 Å². The molecule has 4 heteroatoms. The summed E-state index contributed by atoms with van der Waals surface area (Å²) in [5.41, 5.74) is 10.0. The van der Waals surface area contributed by atoms with E-state index in [-0.39, 0.29) is 6.61 Å². The Kier molecular flexibility index (Phi) is 3.31. The third kappa shape index (κ3) is 2.33. The lowest BCUT2D eigenvalue weighted by molar-refractivity contribution is 0.299. The van der Waals surface area contributed by atoms with E-state index in [0.29, 0.717) is 12.2 Å². The molecule has 0 atom stereocenters. The number of rotatable bonds is 3. The third-order valence-electron chi connectivity index (χ3n) is 3.33. The van der Waals surface area contributed by atoms with Crippen LogP contribution in [-0.4, -0.2) is 21.7 Å². The molecule has 0 saturated heterocycles. The van der Waals surface area contributed by atoms with E-state index in [0.717, 1.165) is 27.6 Å². The molecule has 0 aliphatic carbocycles. The van der Waals surface area contributed by atoms with E-state index in [2.05, 4.69) is 16.0 Å². The summed E-state index contributed by atoms with van der Waals surface area (Å²) in [7, 11) is 0. The van der Waals surface area contributed by atoms with Gasteiger partial charge in [-0.2, -0.15) is 0 Å². The molecule has 1 heterocycles. The molecule has 3 rings (SSSR count). The van der Waals surface area contributed by atoms with Crippen molar-refractivity contribution in [2.45, 2.75) is 6.42 Å². The van der Waals surface area contributed by atoms with Gasteiger partial charge in [0, 0.05) is 12.0 Å². The van der Waals surface area contributed by atoms with Crippen molar-refractivity contribution >= 4 is 16.7 Å². The smallest absolute Gasteiger partial charge is 0.134 e. The van der Waals surface area contributed by atoms with E-state index in [1.165, 1.54) is 6.33 Å². The number of anilines is 1. The van der Waals surface area contributed by atoms with Gasteiger partial charge in [0.1, 0.15) is 12.1 Å². The molecule has 3 aromatic rings. The first-order valence-corrected chi connectivity index (χ1v) is 6.48. The van der Waals surface area contributed by atoms with Crippen LogP contribution in [0, 0.1) is 0 Å². The van der Waals surface area contributed by atoms with Gasteiger partial charge in [0.25, 0.3) is 0 Å². The fraction of sp³-hybridized carbons (Fsp3) is 0.125. The number of fused-ring (bicyclic) bond motifs is 1. The van der Waals surface area contributed by atoms with Crippen molar-refractivity contribution in [1.82, 2.24) is 9.97 Å². The molecule has 0 radical (unpaired) electrons. The zero-order valence-electron chi connectivity index (χ0n) is 11.0. The van der Waals surface area contributed by atoms with Crippen molar-refractivity contribution in [2.24, 2.45) is 0 Å². The summed E-state index contributed by atoms with van der Waals surface area (Å²) < 4.78 is 0. The number of aliphatic hydroxyl groups excluding tert-OH is 1. The van der Waals surface area contributed by atoms with Crippen molar-refractivity contribution in [3.63, 3.8) is 0 Å². The highest BCUT2D eigenvalue weighted by atomic mass is 16.2. The summed E-state index contributed by atoms with van der Waals surface area (Å²) >= 11 is 0. The second kappa shape index (κ2) is 5.27. The monoisotopic (exact) mass is 265 g/mol. The maximum absolute atomic E-state index is 9.03. The van der Waals surface area contributed by atoms with Gasteiger partial charge < -0.3 is 10.8 Å². The molecule has 4 nitrogen and oxygen atoms in total. The first-order chi connectivity index (χ1) is 9.78. The quantitative estimate of drug-likeness (QED) is 0.762. The number of aliphatic hydroxyl groups is 1. The van der Waals surface area contributed by atoms with E-state index in [1.54, 1.807) is 0 Å². The molecule has 0 aliphatic heterocycles. The van der Waals surface area contributed by atoms with Gasteiger partial charge in [-0.15, -0.1) is 0 Å². The van der Waals surface area contributed by atoms with Gasteiger partial charge in [0.05, 0.1) is 5.52 Å². The summed E-state index contributed by atoms with van der Waals surface area (Å²) in [4.78, 5) is 8.22. The molecule has 0 unspecified atom stereocenters. The van der Waals surface area contributed by atoms with Gasteiger partial charge in [-0.1, -0.05) is 30.3 Å². The molecule has 20 heavy (non-hydrogen) atoms. The van der Waals surface area contributed by atoms with Gasteiger partial charge >= 0.3 is 0 Å². The standard InChI is InChI=1S/C16H15N3O/c17-16-14-9-13(4-5-15(14)18-10-19-16)12-3-1-2-11(8-12)6-7-20/h1-5,8-10,20H,6-7H2,(H2,17,18,19). The number of aromatic nitrogens is 2. The van der Waals surface area contributed by atoms with Gasteiger partial charge in [-0.3, -0.25) is 0 Å². The molecule has 0 fully saturated rings. The number of nitrogens with two attached hydrogens (primary N) is 1. The van der Waals surface area contributed by atoms with Crippen LogP contribution in [0.25, 0.3) is 22.0 Å². The minimum atomic E-state index is 0.155. The minimum Gasteiger partial charge on any atom is -0.396 e. The van der Waals surface area contributed by atoms with Crippen LogP contribution in [0.3, 0.4) is 0 Å². The molecule has 0 aliphatic rings. The number of benzene rings is 2. The first-order valence-electron chi connectivity index (χ1n) is 6.48. The van der Waals surface area contributed by atoms with Crippen LogP contribution in [0.2, 0.25) is 0 Å². The Hall–Kier alpha value is -2.46. The molecule has 0 bridgehead atoms. The fourth-order valence-corrected chi connectivity index (χ4v) is 2.29. The summed E-state index contributed by atoms with van der Waals surface area (Å²) in [6.07, 6.45) is 2.13. The van der Waals surface area contributed by atoms with Crippen LogP contribution >= 0.6 is 0 Å². The van der Waals surface area contributed by atoms with E-state index in [9.17, 15) is 0 Å². The maximum atomic E-state index is 9.03.